The van der Waals surface area contributed by atoms with Gasteiger partial charge in [0.05, 0.1) is 0 Å². The van der Waals surface area contributed by atoms with Crippen molar-refractivity contribution in [2.75, 3.05) is 5.73 Å². The van der Waals surface area contributed by atoms with Gasteiger partial charge in [-0.3, -0.25) is 0 Å². The molecule has 1 aromatic heterocycles. The Balaban J connectivity index is 2.33. The largest absolute Gasteiger partial charge is 0.439 e. The van der Waals surface area contributed by atoms with Gasteiger partial charge in [-0.05, 0) is 12.1 Å². The first-order chi connectivity index (χ1) is 8.84. The van der Waals surface area contributed by atoms with Crippen LogP contribution in [0.25, 0.3) is 0 Å². The topological polar surface area (TPSA) is 61.0 Å². The van der Waals surface area contributed by atoms with Gasteiger partial charge in [-0.1, -0.05) is 26.8 Å². The van der Waals surface area contributed by atoms with Crippen molar-refractivity contribution >= 4 is 5.82 Å². The molecule has 5 heteroatoms. The van der Waals surface area contributed by atoms with Crippen molar-refractivity contribution in [1.29, 1.82) is 0 Å². The van der Waals surface area contributed by atoms with E-state index in [1.54, 1.807) is 12.1 Å². The molecule has 0 aliphatic heterocycles. The molecule has 0 amide bonds. The lowest BCUT2D eigenvalue weighted by Gasteiger charge is -2.17. The van der Waals surface area contributed by atoms with Crippen molar-refractivity contribution < 1.29 is 9.13 Å². The maximum absolute atomic E-state index is 13.1. The Morgan fingerprint density at radius 1 is 1.16 bits per heavy atom. The Bertz CT molecular complexity index is 593. The van der Waals surface area contributed by atoms with Crippen molar-refractivity contribution in [3.63, 3.8) is 0 Å². The zero-order valence-electron chi connectivity index (χ0n) is 11.1. The van der Waals surface area contributed by atoms with E-state index in [-0.39, 0.29) is 11.2 Å². The molecule has 0 fully saturated rings. The number of benzene rings is 1. The Kier molecular flexibility index (Phi) is 3.38. The number of ether oxygens (including phenoxy) is 1. The minimum absolute atomic E-state index is 0.241. The standard InChI is InChI=1S/C14H16FN3O/c1-14(2,3)13-17-11(16)8-12(18-13)19-10-6-4-5-9(15)7-10/h4-8H,1-3H3,(H2,16,17,18). The van der Waals surface area contributed by atoms with E-state index in [1.165, 1.54) is 18.2 Å². The smallest absolute Gasteiger partial charge is 0.224 e. The molecule has 2 rings (SSSR count). The monoisotopic (exact) mass is 261 g/mol. The first-order valence-corrected chi connectivity index (χ1v) is 5.93. The van der Waals surface area contributed by atoms with Crippen LogP contribution in [-0.2, 0) is 5.41 Å². The molecule has 0 spiro atoms. The lowest BCUT2D eigenvalue weighted by atomic mass is 9.96. The average Bonchev–Trinajstić information content (AvgIpc) is 2.26. The Morgan fingerprint density at radius 3 is 2.53 bits per heavy atom. The van der Waals surface area contributed by atoms with Gasteiger partial charge >= 0.3 is 0 Å². The molecule has 0 atom stereocenters. The van der Waals surface area contributed by atoms with Crippen LogP contribution >= 0.6 is 0 Å². The van der Waals surface area contributed by atoms with E-state index in [0.717, 1.165) is 0 Å². The van der Waals surface area contributed by atoms with Gasteiger partial charge < -0.3 is 10.5 Å². The van der Waals surface area contributed by atoms with E-state index < -0.39 is 0 Å². The zero-order chi connectivity index (χ0) is 14.0. The third-order valence-corrected chi connectivity index (χ3v) is 2.41. The maximum atomic E-state index is 13.1. The van der Waals surface area contributed by atoms with E-state index in [0.29, 0.717) is 23.3 Å². The van der Waals surface area contributed by atoms with Crippen LogP contribution in [0.3, 0.4) is 0 Å². The molecular weight excluding hydrogens is 245 g/mol. The van der Waals surface area contributed by atoms with Crippen LogP contribution in [-0.4, -0.2) is 9.97 Å². The lowest BCUT2D eigenvalue weighted by molar-refractivity contribution is 0.443. The molecule has 1 heterocycles. The highest BCUT2D eigenvalue weighted by molar-refractivity contribution is 5.36. The minimum atomic E-state index is -0.365. The van der Waals surface area contributed by atoms with Crippen molar-refractivity contribution in [1.82, 2.24) is 9.97 Å². The minimum Gasteiger partial charge on any atom is -0.439 e. The van der Waals surface area contributed by atoms with Gasteiger partial charge in [0.25, 0.3) is 0 Å². The van der Waals surface area contributed by atoms with E-state index in [1.807, 2.05) is 20.8 Å². The summed E-state index contributed by atoms with van der Waals surface area (Å²) in [5.41, 5.74) is 5.49. The molecule has 100 valence electrons. The van der Waals surface area contributed by atoms with Crippen LogP contribution in [0.4, 0.5) is 10.2 Å². The third kappa shape index (κ3) is 3.40. The second kappa shape index (κ2) is 4.84. The molecule has 0 saturated carbocycles. The fraction of sp³-hybridized carbons (Fsp3) is 0.286. The van der Waals surface area contributed by atoms with Crippen LogP contribution in [0.1, 0.15) is 26.6 Å². The molecule has 0 radical (unpaired) electrons. The summed E-state index contributed by atoms with van der Waals surface area (Å²) in [6.45, 7) is 5.94. The molecule has 2 N–H and O–H groups in total. The Hall–Kier alpha value is -2.17. The molecule has 2 aromatic rings. The van der Waals surface area contributed by atoms with Crippen LogP contribution in [0.15, 0.2) is 30.3 Å². The van der Waals surface area contributed by atoms with Crippen molar-refractivity contribution in [2.45, 2.75) is 26.2 Å². The van der Waals surface area contributed by atoms with Crippen molar-refractivity contribution in [3.05, 3.63) is 42.0 Å². The Morgan fingerprint density at radius 2 is 1.89 bits per heavy atom. The van der Waals surface area contributed by atoms with Gasteiger partial charge in [-0.25, -0.2) is 9.37 Å². The molecule has 0 bridgehead atoms. The van der Waals surface area contributed by atoms with Crippen LogP contribution in [0.5, 0.6) is 11.6 Å². The maximum Gasteiger partial charge on any atom is 0.224 e. The SMILES string of the molecule is CC(C)(C)c1nc(N)cc(Oc2cccc(F)c2)n1. The quantitative estimate of drug-likeness (QED) is 0.901. The lowest BCUT2D eigenvalue weighted by Crippen LogP contribution is -2.17. The number of rotatable bonds is 2. The molecule has 0 aliphatic rings. The van der Waals surface area contributed by atoms with Crippen molar-refractivity contribution in [3.8, 4) is 11.6 Å². The van der Waals surface area contributed by atoms with Gasteiger partial charge in [0.1, 0.15) is 23.2 Å². The summed E-state index contributed by atoms with van der Waals surface area (Å²) in [5.74, 6) is 1.22. The van der Waals surface area contributed by atoms with Gasteiger partial charge in [-0.2, -0.15) is 4.98 Å². The fourth-order valence-electron chi connectivity index (χ4n) is 1.48. The molecule has 0 saturated heterocycles. The number of aromatic nitrogens is 2. The molecule has 19 heavy (non-hydrogen) atoms. The van der Waals surface area contributed by atoms with Crippen molar-refractivity contribution in [2.24, 2.45) is 0 Å². The summed E-state index contributed by atoms with van der Waals surface area (Å²) in [6, 6.07) is 7.37. The van der Waals surface area contributed by atoms with Gasteiger partial charge in [-0.15, -0.1) is 0 Å². The van der Waals surface area contributed by atoms with E-state index in [9.17, 15) is 4.39 Å². The highest BCUT2D eigenvalue weighted by Crippen LogP contribution is 2.25. The summed E-state index contributed by atoms with van der Waals surface area (Å²) in [5, 5.41) is 0. The van der Waals surface area contributed by atoms with Crippen LogP contribution < -0.4 is 10.5 Å². The predicted octanol–water partition coefficient (Wildman–Crippen LogP) is 3.29. The number of nitrogen functional groups attached to an aromatic ring is 1. The summed E-state index contributed by atoms with van der Waals surface area (Å²) in [7, 11) is 0. The number of anilines is 1. The molecule has 4 nitrogen and oxygen atoms in total. The number of halogens is 1. The highest BCUT2D eigenvalue weighted by atomic mass is 19.1. The molecule has 0 aliphatic carbocycles. The Labute approximate surface area is 111 Å². The highest BCUT2D eigenvalue weighted by Gasteiger charge is 2.19. The van der Waals surface area contributed by atoms with E-state index >= 15 is 0 Å². The zero-order valence-corrected chi connectivity index (χ0v) is 11.1. The number of hydrogen-bond donors (Lipinski definition) is 1. The number of nitrogens with zero attached hydrogens (tertiary/aromatic N) is 2. The van der Waals surface area contributed by atoms with Crippen LogP contribution in [0, 0.1) is 5.82 Å². The van der Waals surface area contributed by atoms with E-state index in [2.05, 4.69) is 9.97 Å². The second-order valence-corrected chi connectivity index (χ2v) is 5.26. The van der Waals surface area contributed by atoms with Crippen LogP contribution in [0.2, 0.25) is 0 Å². The van der Waals surface area contributed by atoms with Gasteiger partial charge in [0.2, 0.25) is 5.88 Å². The number of nitrogens with two attached hydrogens (primary N) is 1. The molecule has 0 unspecified atom stereocenters. The van der Waals surface area contributed by atoms with Gasteiger partial charge in [0.15, 0.2) is 0 Å². The summed E-state index contributed by atoms with van der Waals surface area (Å²) in [6.07, 6.45) is 0. The number of hydrogen-bond acceptors (Lipinski definition) is 4. The van der Waals surface area contributed by atoms with Gasteiger partial charge in [0, 0.05) is 17.5 Å². The second-order valence-electron chi connectivity index (χ2n) is 5.26. The summed E-state index contributed by atoms with van der Waals surface area (Å²) >= 11 is 0. The molecule has 1 aromatic carbocycles. The first kappa shape index (κ1) is 13.3. The molecular formula is C14H16FN3O. The first-order valence-electron chi connectivity index (χ1n) is 5.93. The van der Waals surface area contributed by atoms with E-state index in [4.69, 9.17) is 10.5 Å². The average molecular weight is 261 g/mol. The summed E-state index contributed by atoms with van der Waals surface area (Å²) in [4.78, 5) is 8.47. The normalized spacial score (nSPS) is 11.4. The summed E-state index contributed by atoms with van der Waals surface area (Å²) < 4.78 is 18.6. The third-order valence-electron chi connectivity index (χ3n) is 2.41. The fourth-order valence-corrected chi connectivity index (χ4v) is 1.48. The predicted molar refractivity (Wildman–Crippen MR) is 71.6 cm³/mol.